The monoisotopic (exact) mass is 1010 g/mol. The summed E-state index contributed by atoms with van der Waals surface area (Å²) in [5.74, 6) is 2.65. The van der Waals surface area contributed by atoms with Crippen molar-refractivity contribution in [1.82, 2.24) is 19.6 Å². The van der Waals surface area contributed by atoms with E-state index in [9.17, 15) is 18.4 Å². The zero-order valence-corrected chi connectivity index (χ0v) is 45.6. The van der Waals surface area contributed by atoms with Gasteiger partial charge in [-0.3, -0.25) is 0 Å². The van der Waals surface area contributed by atoms with Crippen LogP contribution in [-0.4, -0.2) is 136 Å². The molecule has 0 amide bonds. The van der Waals surface area contributed by atoms with Gasteiger partial charge in [0.1, 0.15) is 11.6 Å². The number of carbonyl (C=O) groups is 2. The molecule has 0 spiro atoms. The van der Waals surface area contributed by atoms with Crippen molar-refractivity contribution >= 4 is 36.7 Å². The molecular weight excluding hydrogens is 923 g/mol. The lowest BCUT2D eigenvalue weighted by atomic mass is 9.73. The number of hydrogen-bond donors (Lipinski definition) is 0. The quantitative estimate of drug-likeness (QED) is 0.0993. The average Bonchev–Trinajstić information content (AvgIpc) is 3.86. The molecule has 0 bridgehead atoms. The van der Waals surface area contributed by atoms with Crippen LogP contribution in [0.15, 0.2) is 58.5 Å². The average molecular weight is 1010 g/mol. The molecule has 0 saturated heterocycles. The van der Waals surface area contributed by atoms with E-state index in [4.69, 9.17) is 28.9 Å². The third kappa shape index (κ3) is 15.8. The molecule has 2 fully saturated rings. The lowest BCUT2D eigenvalue weighted by Gasteiger charge is -2.41. The summed E-state index contributed by atoms with van der Waals surface area (Å²) in [6, 6.07) is 14.6. The van der Waals surface area contributed by atoms with E-state index in [2.05, 4.69) is 74.8 Å². The number of methoxy groups -OCH3 is 2. The standard InChI is InChI=1S/C28H44FN3O3S.C28H44FN3O3/c1-6-7-17-32-20-30-28(16-18-36-5,35-27(33)34-4)25(32)19-21-8-10-22(11-9-21)26(31(2)3)23-12-14-24(29)15-13-23;1-6-8-18-32-20-30-28(17-7-2,35-27(33)34-5)25(32)19-21-9-11-22(12-10-21)26(31(3)4)23-13-15-24(29)16-14-23/h12-15,20-22,25-26H,6-11,16-19H2,1-5H3;13-16,20-22,25-26H,6-12,17-19H2,1-5H3. The van der Waals surface area contributed by atoms with Gasteiger partial charge >= 0.3 is 12.3 Å². The van der Waals surface area contributed by atoms with Crippen LogP contribution in [0, 0.1) is 35.3 Å². The van der Waals surface area contributed by atoms with Gasteiger partial charge in [0.15, 0.2) is 0 Å². The summed E-state index contributed by atoms with van der Waals surface area (Å²) in [7, 11) is 11.2. The van der Waals surface area contributed by atoms with E-state index in [0.717, 1.165) is 115 Å². The molecule has 0 aromatic heterocycles. The van der Waals surface area contributed by atoms with Crippen molar-refractivity contribution in [3.8, 4) is 0 Å². The molecule has 398 valence electrons. The van der Waals surface area contributed by atoms with Crippen LogP contribution in [-0.2, 0) is 18.9 Å². The molecule has 6 unspecified atom stereocenters. The number of rotatable bonds is 23. The van der Waals surface area contributed by atoms with Crippen molar-refractivity contribution in [1.29, 1.82) is 0 Å². The molecular formula is C56H88F2N6O6S. The van der Waals surface area contributed by atoms with Crippen LogP contribution in [0.1, 0.15) is 153 Å². The predicted octanol–water partition coefficient (Wildman–Crippen LogP) is 12.8. The molecule has 2 aromatic rings. The first kappa shape index (κ1) is 57.9. The Bertz CT molecular complexity index is 1950. The normalized spacial score (nSPS) is 27.1. The number of thioether (sulfide) groups is 1. The highest BCUT2D eigenvalue weighted by molar-refractivity contribution is 7.98. The molecule has 6 rings (SSSR count). The van der Waals surface area contributed by atoms with Crippen molar-refractivity contribution in [3.63, 3.8) is 0 Å². The van der Waals surface area contributed by atoms with Crippen molar-refractivity contribution in [2.75, 3.05) is 67.5 Å². The number of benzene rings is 2. The summed E-state index contributed by atoms with van der Waals surface area (Å²) in [5, 5.41) is 0. The third-order valence-electron chi connectivity index (χ3n) is 15.7. The van der Waals surface area contributed by atoms with Crippen LogP contribution in [0.2, 0.25) is 0 Å². The highest BCUT2D eigenvalue weighted by Gasteiger charge is 2.51. The number of unbranched alkanes of at least 4 members (excludes halogenated alkanes) is 2. The molecule has 2 aliphatic heterocycles. The van der Waals surface area contributed by atoms with Crippen molar-refractivity contribution in [2.45, 2.75) is 166 Å². The van der Waals surface area contributed by atoms with Gasteiger partial charge in [-0.2, -0.15) is 11.8 Å². The molecule has 6 atom stereocenters. The van der Waals surface area contributed by atoms with Crippen LogP contribution in [0.4, 0.5) is 18.4 Å². The van der Waals surface area contributed by atoms with E-state index in [1.54, 1.807) is 36.0 Å². The predicted molar refractivity (Wildman–Crippen MR) is 284 cm³/mol. The zero-order valence-electron chi connectivity index (χ0n) is 44.8. The van der Waals surface area contributed by atoms with E-state index in [1.165, 1.54) is 25.3 Å². The topological polar surface area (TPSA) is 109 Å². The maximum Gasteiger partial charge on any atom is 0.510 e. The van der Waals surface area contributed by atoms with Crippen LogP contribution < -0.4 is 0 Å². The number of carbonyl (C=O) groups excluding carboxylic acids is 2. The fourth-order valence-corrected chi connectivity index (χ4v) is 12.6. The maximum absolute atomic E-state index is 13.5. The zero-order chi connectivity index (χ0) is 51.6. The summed E-state index contributed by atoms with van der Waals surface area (Å²) in [6.07, 6.45) is 22.1. The molecule has 2 heterocycles. The van der Waals surface area contributed by atoms with Gasteiger partial charge in [-0.05, 0) is 151 Å². The Morgan fingerprint density at radius 3 is 1.34 bits per heavy atom. The van der Waals surface area contributed by atoms with Crippen molar-refractivity contribution in [2.24, 2.45) is 33.7 Å². The number of aliphatic imine (C=N–C) groups is 2. The van der Waals surface area contributed by atoms with Gasteiger partial charge in [0.05, 0.1) is 39.0 Å². The summed E-state index contributed by atoms with van der Waals surface area (Å²) >= 11 is 1.74. The highest BCUT2D eigenvalue weighted by atomic mass is 32.2. The minimum atomic E-state index is -0.888. The van der Waals surface area contributed by atoms with Crippen LogP contribution >= 0.6 is 11.8 Å². The van der Waals surface area contributed by atoms with Crippen LogP contribution in [0.25, 0.3) is 0 Å². The molecule has 12 nitrogen and oxygen atoms in total. The van der Waals surface area contributed by atoms with Gasteiger partial charge < -0.3 is 38.5 Å². The fraction of sp³-hybridized carbons (Fsp3) is 0.714. The van der Waals surface area contributed by atoms with Gasteiger partial charge in [-0.25, -0.2) is 28.4 Å². The molecule has 2 aliphatic carbocycles. The minimum Gasteiger partial charge on any atom is -0.438 e. The van der Waals surface area contributed by atoms with Crippen LogP contribution in [0.3, 0.4) is 0 Å². The first-order valence-electron chi connectivity index (χ1n) is 26.7. The largest absolute Gasteiger partial charge is 0.510 e. The minimum absolute atomic E-state index is 0.0265. The van der Waals surface area contributed by atoms with Gasteiger partial charge in [0.2, 0.25) is 11.4 Å². The first-order chi connectivity index (χ1) is 34.2. The molecule has 0 N–H and O–H groups in total. The van der Waals surface area contributed by atoms with Gasteiger partial charge in [0, 0.05) is 38.0 Å². The van der Waals surface area contributed by atoms with Crippen LogP contribution in [0.5, 0.6) is 0 Å². The Labute approximate surface area is 430 Å². The Balaban J connectivity index is 0.000000264. The SMILES string of the molecule is CCCCN1C=NC(CCC)(OC(=O)OC)C1CC1CCC(C(c2ccc(F)cc2)N(C)C)CC1.CCCCN1C=NC(CCSC)(OC(=O)OC)C1CC1CCC(C(c2ccc(F)cc2)N(C)C)CC1. The van der Waals surface area contributed by atoms with Crippen molar-refractivity contribution < 1.29 is 37.3 Å². The summed E-state index contributed by atoms with van der Waals surface area (Å²) < 4.78 is 48.6. The van der Waals surface area contributed by atoms with E-state index < -0.39 is 23.8 Å². The van der Waals surface area contributed by atoms with E-state index >= 15 is 0 Å². The molecule has 0 radical (unpaired) electrons. The number of halogens is 2. The summed E-state index contributed by atoms with van der Waals surface area (Å²) in [6.45, 7) is 8.32. The molecule has 15 heteroatoms. The first-order valence-corrected chi connectivity index (χ1v) is 28.0. The number of hydrogen-bond acceptors (Lipinski definition) is 13. The highest BCUT2D eigenvalue weighted by Crippen LogP contribution is 2.46. The van der Waals surface area contributed by atoms with Gasteiger partial charge in [-0.15, -0.1) is 0 Å². The van der Waals surface area contributed by atoms with Gasteiger partial charge in [-0.1, -0.05) is 90.0 Å². The second-order valence-corrected chi connectivity index (χ2v) is 21.9. The Kier molecular flexibility index (Phi) is 23.2. The number of nitrogens with zero attached hydrogens (tertiary/aromatic N) is 6. The Hall–Kier alpha value is -3.95. The molecule has 2 aromatic carbocycles. The lowest BCUT2D eigenvalue weighted by molar-refractivity contribution is -0.0626. The Morgan fingerprint density at radius 1 is 0.634 bits per heavy atom. The summed E-state index contributed by atoms with van der Waals surface area (Å²) in [5.41, 5.74) is 0.610. The second-order valence-electron chi connectivity index (χ2n) is 21.0. The molecule has 2 saturated carbocycles. The lowest BCUT2D eigenvalue weighted by Crippen LogP contribution is -2.50. The smallest absolute Gasteiger partial charge is 0.438 e. The number of ether oxygens (including phenoxy) is 4. The van der Waals surface area contributed by atoms with E-state index in [0.29, 0.717) is 36.5 Å². The van der Waals surface area contributed by atoms with Gasteiger partial charge in [0.25, 0.3) is 0 Å². The molecule has 71 heavy (non-hydrogen) atoms. The van der Waals surface area contributed by atoms with E-state index in [1.807, 2.05) is 36.9 Å². The summed E-state index contributed by atoms with van der Waals surface area (Å²) in [4.78, 5) is 43.2. The third-order valence-corrected chi connectivity index (χ3v) is 16.3. The fourth-order valence-electron chi connectivity index (χ4n) is 12.1. The maximum atomic E-state index is 13.5. The molecule has 4 aliphatic rings. The van der Waals surface area contributed by atoms with Crippen molar-refractivity contribution in [3.05, 3.63) is 71.3 Å². The Morgan fingerprint density at radius 2 is 1.01 bits per heavy atom. The van der Waals surface area contributed by atoms with E-state index in [-0.39, 0.29) is 35.8 Å². The second kappa shape index (κ2) is 28.5.